The van der Waals surface area contributed by atoms with Crippen LogP contribution in [0, 0.1) is 5.92 Å². The zero-order chi connectivity index (χ0) is 20.9. The molecule has 2 aromatic rings. The molecule has 0 saturated carbocycles. The summed E-state index contributed by atoms with van der Waals surface area (Å²) in [5, 5.41) is 0. The molecule has 158 valence electrons. The molecule has 7 heteroatoms. The highest BCUT2D eigenvalue weighted by Gasteiger charge is 2.45. The van der Waals surface area contributed by atoms with Crippen LogP contribution in [0.2, 0.25) is 0 Å². The van der Waals surface area contributed by atoms with Gasteiger partial charge >= 0.3 is 6.09 Å². The third kappa shape index (κ3) is 3.60. The SMILES string of the molecule is O=C(OCC1c2ccccc2-c2ccccc21)N1C2CCC1CC(CS(=O)(=O)Cl)C2. The second kappa shape index (κ2) is 7.57. The number of piperidine rings is 1. The molecule has 0 spiro atoms. The van der Waals surface area contributed by atoms with Gasteiger partial charge in [0.05, 0.1) is 5.75 Å². The minimum absolute atomic E-state index is 0.0138. The van der Waals surface area contributed by atoms with Crippen LogP contribution in [-0.2, 0) is 13.8 Å². The van der Waals surface area contributed by atoms with Crippen LogP contribution >= 0.6 is 10.7 Å². The molecule has 2 bridgehead atoms. The zero-order valence-corrected chi connectivity index (χ0v) is 18.1. The first-order chi connectivity index (χ1) is 14.4. The largest absolute Gasteiger partial charge is 0.448 e. The van der Waals surface area contributed by atoms with Crippen molar-refractivity contribution in [2.45, 2.75) is 43.7 Å². The molecule has 1 aliphatic carbocycles. The van der Waals surface area contributed by atoms with Crippen molar-refractivity contribution in [2.75, 3.05) is 12.4 Å². The van der Waals surface area contributed by atoms with E-state index >= 15 is 0 Å². The Bertz CT molecular complexity index is 1030. The Labute approximate surface area is 181 Å². The highest BCUT2D eigenvalue weighted by Crippen LogP contribution is 2.45. The summed E-state index contributed by atoms with van der Waals surface area (Å²) in [6.45, 7) is 0.308. The molecular formula is C23H24ClNO4S. The van der Waals surface area contributed by atoms with E-state index < -0.39 is 9.05 Å². The van der Waals surface area contributed by atoms with E-state index in [1.165, 1.54) is 22.3 Å². The molecule has 30 heavy (non-hydrogen) atoms. The summed E-state index contributed by atoms with van der Waals surface area (Å²) < 4.78 is 28.8. The van der Waals surface area contributed by atoms with Crippen molar-refractivity contribution in [3.8, 4) is 11.1 Å². The van der Waals surface area contributed by atoms with Crippen LogP contribution in [0.3, 0.4) is 0 Å². The van der Waals surface area contributed by atoms with Gasteiger partial charge in [0.25, 0.3) is 0 Å². The molecule has 5 rings (SSSR count). The van der Waals surface area contributed by atoms with Crippen molar-refractivity contribution < 1.29 is 17.9 Å². The molecule has 2 atom stereocenters. The molecule has 2 fully saturated rings. The fourth-order valence-electron chi connectivity index (χ4n) is 5.67. The van der Waals surface area contributed by atoms with E-state index in [9.17, 15) is 13.2 Å². The minimum Gasteiger partial charge on any atom is -0.448 e. The number of hydrogen-bond acceptors (Lipinski definition) is 4. The molecule has 0 radical (unpaired) electrons. The summed E-state index contributed by atoms with van der Waals surface area (Å²) in [7, 11) is 1.93. The lowest BCUT2D eigenvalue weighted by Gasteiger charge is -2.38. The van der Waals surface area contributed by atoms with E-state index in [1.807, 2.05) is 29.2 Å². The van der Waals surface area contributed by atoms with E-state index in [4.69, 9.17) is 15.4 Å². The first-order valence-corrected chi connectivity index (χ1v) is 12.9. The van der Waals surface area contributed by atoms with E-state index in [-0.39, 0.29) is 35.8 Å². The molecular weight excluding hydrogens is 422 g/mol. The highest BCUT2D eigenvalue weighted by atomic mass is 35.7. The van der Waals surface area contributed by atoms with Gasteiger partial charge in [0.15, 0.2) is 0 Å². The summed E-state index contributed by atoms with van der Waals surface area (Å²) in [4.78, 5) is 14.8. The second-order valence-electron chi connectivity index (χ2n) is 8.64. The van der Waals surface area contributed by atoms with Crippen LogP contribution < -0.4 is 0 Å². The molecule has 2 aromatic carbocycles. The third-order valence-corrected chi connectivity index (χ3v) is 8.06. The van der Waals surface area contributed by atoms with E-state index in [0.29, 0.717) is 19.4 Å². The molecule has 2 aliphatic heterocycles. The Balaban J connectivity index is 1.29. The van der Waals surface area contributed by atoms with Gasteiger partial charge in [0, 0.05) is 28.7 Å². The lowest BCUT2D eigenvalue weighted by molar-refractivity contribution is 0.0586. The Morgan fingerprint density at radius 3 is 2.03 bits per heavy atom. The first-order valence-electron chi connectivity index (χ1n) is 10.5. The number of benzene rings is 2. The topological polar surface area (TPSA) is 63.7 Å². The van der Waals surface area contributed by atoms with Gasteiger partial charge in [-0.3, -0.25) is 0 Å². The summed E-state index contributed by atoms with van der Waals surface area (Å²) in [5.74, 6) is 0.0423. The molecule has 5 nitrogen and oxygen atoms in total. The Morgan fingerprint density at radius 1 is 0.967 bits per heavy atom. The number of nitrogens with zero attached hydrogens (tertiary/aromatic N) is 1. The van der Waals surface area contributed by atoms with Gasteiger partial charge < -0.3 is 9.64 Å². The fraction of sp³-hybridized carbons (Fsp3) is 0.435. The van der Waals surface area contributed by atoms with Crippen molar-refractivity contribution in [3.05, 3.63) is 59.7 Å². The van der Waals surface area contributed by atoms with Crippen molar-refractivity contribution in [1.29, 1.82) is 0 Å². The summed E-state index contributed by atoms with van der Waals surface area (Å²) in [6, 6.07) is 16.7. The van der Waals surface area contributed by atoms with E-state index in [1.54, 1.807) is 0 Å². The van der Waals surface area contributed by atoms with Gasteiger partial charge in [0.1, 0.15) is 6.61 Å². The molecule has 2 unspecified atom stereocenters. The molecule has 1 amide bonds. The maximum atomic E-state index is 13.0. The quantitative estimate of drug-likeness (QED) is 0.637. The molecule has 3 aliphatic rings. The Kier molecular flexibility index (Phi) is 5.02. The van der Waals surface area contributed by atoms with Crippen molar-refractivity contribution in [1.82, 2.24) is 4.90 Å². The van der Waals surface area contributed by atoms with Crippen molar-refractivity contribution in [2.24, 2.45) is 5.92 Å². The van der Waals surface area contributed by atoms with Crippen molar-refractivity contribution in [3.63, 3.8) is 0 Å². The number of rotatable bonds is 4. The Morgan fingerprint density at radius 2 is 1.50 bits per heavy atom. The number of amides is 1. The summed E-state index contributed by atoms with van der Waals surface area (Å²) >= 11 is 0. The van der Waals surface area contributed by atoms with E-state index in [0.717, 1.165) is 12.8 Å². The van der Waals surface area contributed by atoms with Gasteiger partial charge in [0.2, 0.25) is 9.05 Å². The van der Waals surface area contributed by atoms with Crippen molar-refractivity contribution >= 4 is 25.8 Å². The Hall–Kier alpha value is -2.05. The molecule has 2 heterocycles. The van der Waals surface area contributed by atoms with Gasteiger partial charge in [-0.1, -0.05) is 48.5 Å². The maximum absolute atomic E-state index is 13.0. The van der Waals surface area contributed by atoms with E-state index in [2.05, 4.69) is 24.3 Å². The number of fused-ring (bicyclic) bond motifs is 5. The first kappa shape index (κ1) is 19.9. The van der Waals surface area contributed by atoms with Gasteiger partial charge in [-0.25, -0.2) is 13.2 Å². The number of carbonyl (C=O) groups is 1. The predicted molar refractivity (Wildman–Crippen MR) is 116 cm³/mol. The van der Waals surface area contributed by atoms with Gasteiger partial charge in [-0.05, 0) is 53.9 Å². The number of halogens is 1. The highest BCUT2D eigenvalue weighted by molar-refractivity contribution is 8.13. The van der Waals surface area contributed by atoms with Gasteiger partial charge in [-0.15, -0.1) is 0 Å². The summed E-state index contributed by atoms with van der Waals surface area (Å²) in [6.07, 6.45) is 2.86. The average molecular weight is 446 g/mol. The van der Waals surface area contributed by atoms with Crippen LogP contribution in [-0.4, -0.2) is 43.9 Å². The monoisotopic (exact) mass is 445 g/mol. The predicted octanol–water partition coefficient (Wildman–Crippen LogP) is 4.75. The summed E-state index contributed by atoms with van der Waals surface area (Å²) in [5.41, 5.74) is 4.80. The van der Waals surface area contributed by atoms with Crippen LogP contribution in [0.25, 0.3) is 11.1 Å². The standard InChI is InChI=1S/C23H24ClNO4S/c24-30(27,28)14-15-11-16-9-10-17(12-15)25(16)23(26)29-13-22-20-7-3-1-5-18(20)19-6-2-4-8-21(19)22/h1-8,15-17,22H,9-14H2. The fourth-order valence-corrected chi connectivity index (χ4v) is 7.04. The average Bonchev–Trinajstić information content (AvgIpc) is 3.17. The smallest absolute Gasteiger partial charge is 0.410 e. The van der Waals surface area contributed by atoms with Crippen LogP contribution in [0.4, 0.5) is 4.79 Å². The number of ether oxygens (including phenoxy) is 1. The second-order valence-corrected chi connectivity index (χ2v) is 11.5. The lowest BCUT2D eigenvalue weighted by atomic mass is 9.92. The molecule has 2 saturated heterocycles. The number of carbonyl (C=O) groups excluding carboxylic acids is 1. The van der Waals surface area contributed by atoms with Gasteiger partial charge in [-0.2, -0.15) is 0 Å². The molecule has 0 N–H and O–H groups in total. The van der Waals surface area contributed by atoms with Crippen LogP contribution in [0.1, 0.15) is 42.7 Å². The zero-order valence-electron chi connectivity index (χ0n) is 16.5. The third-order valence-electron chi connectivity index (χ3n) is 6.81. The minimum atomic E-state index is -3.52. The normalized spacial score (nSPS) is 25.1. The van der Waals surface area contributed by atoms with Crippen LogP contribution in [0.15, 0.2) is 48.5 Å². The molecule has 0 aromatic heterocycles. The number of hydrogen-bond donors (Lipinski definition) is 0. The lowest BCUT2D eigenvalue weighted by Crippen LogP contribution is -2.47. The van der Waals surface area contributed by atoms with Crippen LogP contribution in [0.5, 0.6) is 0 Å². The maximum Gasteiger partial charge on any atom is 0.410 e.